The molecule has 0 amide bonds. The lowest BCUT2D eigenvalue weighted by atomic mass is 10.9. The highest BCUT2D eigenvalue weighted by Gasteiger charge is 1.51. The first-order chi connectivity index (χ1) is 3.91. The van der Waals surface area contributed by atoms with Crippen LogP contribution in [0.25, 0.3) is 0 Å². The largest absolute Gasteiger partial charge is 0.385 e. The zero-order chi connectivity index (χ0) is 7.41. The predicted molar refractivity (Wildman–Crippen MR) is 47.0 cm³/mol. The molecule has 1 heteroatoms. The molecule has 0 spiro atoms. The van der Waals surface area contributed by atoms with E-state index in [0.29, 0.717) is 0 Å². The topological polar surface area (TPSA) is 9.23 Å². The first-order valence-electron chi connectivity index (χ1n) is 3.40. The predicted octanol–water partition coefficient (Wildman–Crippen LogP) is 3.34. The van der Waals surface area contributed by atoms with Crippen LogP contribution in [0.1, 0.15) is 42.0 Å². The molecule has 0 aromatic heterocycles. The number of hydrogen-bond acceptors (Lipinski definition) is 1. The van der Waals surface area contributed by atoms with Crippen molar-refractivity contribution in [2.24, 2.45) is 0 Å². The van der Waals surface area contributed by atoms with Gasteiger partial charge in [0.15, 0.2) is 0 Å². The molecule has 0 saturated carbocycles. The van der Waals surface area contributed by atoms with Crippen LogP contribution in [-0.4, -0.2) is 13.7 Å². The molecular weight excluding hydrogens is 112 g/mol. The summed E-state index contributed by atoms with van der Waals surface area (Å²) in [5.74, 6) is 0. The van der Waals surface area contributed by atoms with E-state index in [4.69, 9.17) is 0 Å². The number of methoxy groups -OCH3 is 1. The quantitative estimate of drug-likeness (QED) is 0.537. The molecule has 0 bridgehead atoms. The van der Waals surface area contributed by atoms with Gasteiger partial charge in [-0.15, -0.1) is 0 Å². The van der Waals surface area contributed by atoms with Crippen LogP contribution >= 0.6 is 0 Å². The van der Waals surface area contributed by atoms with Crippen molar-refractivity contribution in [3.63, 3.8) is 0 Å². The lowest BCUT2D eigenvalue weighted by Gasteiger charge is -1.76. The molecule has 0 radical (unpaired) electrons. The third kappa shape index (κ3) is 307. The summed E-state index contributed by atoms with van der Waals surface area (Å²) in [6.07, 6.45) is 0. The maximum Gasteiger partial charge on any atom is 0.0433 e. The van der Waals surface area contributed by atoms with E-state index in [2.05, 4.69) is 4.74 Å². The molecule has 1 nitrogen and oxygen atoms in total. The second-order valence-electron chi connectivity index (χ2n) is 0.577. The van der Waals surface area contributed by atoms with Gasteiger partial charge in [-0.2, -0.15) is 0 Å². The zero-order valence-corrected chi connectivity index (χ0v) is 7.12. The molecule has 9 heavy (non-hydrogen) atoms. The molecule has 0 unspecified atom stereocenters. The zero-order valence-electron chi connectivity index (χ0n) is 7.12. The van der Waals surface area contributed by atoms with Crippen molar-refractivity contribution >= 4 is 0 Å². The Balaban J connectivity index is -0.0000000221. The Morgan fingerprint density at radius 2 is 1.11 bits per heavy atom. The van der Waals surface area contributed by atoms with E-state index in [1.165, 1.54) is 0 Å². The van der Waals surface area contributed by atoms with Crippen molar-refractivity contribution in [1.29, 1.82) is 0 Å². The van der Waals surface area contributed by atoms with Crippen molar-refractivity contribution in [2.45, 2.75) is 42.0 Å². The van der Waals surface area contributed by atoms with Gasteiger partial charge < -0.3 is 4.74 Å². The van der Waals surface area contributed by atoms with Gasteiger partial charge in [-0.25, -0.2) is 0 Å². The lowest BCUT2D eigenvalue weighted by molar-refractivity contribution is 0.215. The summed E-state index contributed by atoms with van der Waals surface area (Å²) in [7, 11) is 1.68. The average Bonchev–Trinajstić information content (AvgIpc) is 1.96. The average molecular weight is 136 g/mol. The summed E-state index contributed by atoms with van der Waals surface area (Å²) in [5, 5.41) is 0. The van der Waals surface area contributed by atoms with Crippen LogP contribution in [0, 0.1) is 0 Å². The minimum atomic E-state index is 0. The highest BCUT2D eigenvalue weighted by atomic mass is 16.5. The maximum absolute atomic E-state index is 4.54. The monoisotopic (exact) mass is 136 g/mol. The molecule has 0 heterocycles. The molecule has 0 aliphatic carbocycles. The molecule has 0 aliphatic rings. The van der Waals surface area contributed by atoms with Gasteiger partial charge in [-0.1, -0.05) is 35.1 Å². The van der Waals surface area contributed by atoms with Crippen molar-refractivity contribution in [2.75, 3.05) is 13.7 Å². The normalized spacial score (nSPS) is 4.67. The number of ether oxygens (including phenoxy) is 1. The highest BCUT2D eigenvalue weighted by Crippen LogP contribution is 1.52. The van der Waals surface area contributed by atoms with Crippen LogP contribution in [0.5, 0.6) is 0 Å². The number of hydrogen-bond donors (Lipinski definition) is 0. The van der Waals surface area contributed by atoms with Crippen LogP contribution in [0.15, 0.2) is 0 Å². The second-order valence-corrected chi connectivity index (χ2v) is 0.577. The summed E-state index contributed by atoms with van der Waals surface area (Å²) in [6, 6.07) is 0. The van der Waals surface area contributed by atoms with Gasteiger partial charge in [0.2, 0.25) is 0 Å². The van der Waals surface area contributed by atoms with Crippen LogP contribution in [0.4, 0.5) is 0 Å². The van der Waals surface area contributed by atoms with Crippen molar-refractivity contribution in [3.8, 4) is 0 Å². The lowest BCUT2D eigenvalue weighted by Crippen LogP contribution is -1.73. The molecule has 62 valence electrons. The Kier molecular flexibility index (Phi) is 257. The summed E-state index contributed by atoms with van der Waals surface area (Å²) in [6.45, 7) is 10.8. The third-order valence-corrected chi connectivity index (χ3v) is 0.289. The van der Waals surface area contributed by atoms with E-state index in [1.54, 1.807) is 7.11 Å². The van der Waals surface area contributed by atoms with E-state index >= 15 is 0 Å². The minimum absolute atomic E-state index is 0. The smallest absolute Gasteiger partial charge is 0.0433 e. The van der Waals surface area contributed by atoms with Gasteiger partial charge in [0, 0.05) is 13.7 Å². The fraction of sp³-hybridized carbons (Fsp3) is 1.00. The summed E-state index contributed by atoms with van der Waals surface area (Å²) >= 11 is 0. The van der Waals surface area contributed by atoms with E-state index in [9.17, 15) is 0 Å². The first kappa shape index (κ1) is 23.1. The van der Waals surface area contributed by atoms with Crippen molar-refractivity contribution < 1.29 is 4.74 Å². The Bertz CT molecular complexity index is 6.53. The molecular formula is C8H24O. The maximum atomic E-state index is 4.54. The van der Waals surface area contributed by atoms with E-state index in [0.717, 1.165) is 6.61 Å². The molecule has 0 fully saturated rings. The molecule has 0 aliphatic heterocycles. The standard InChI is InChI=1S/C3H8O.2C2H6.CH4/c1-3-4-2;2*1-2;/h3H2,1-2H3;2*1-2H3;1H4. The summed E-state index contributed by atoms with van der Waals surface area (Å²) in [4.78, 5) is 0. The van der Waals surface area contributed by atoms with E-state index < -0.39 is 0 Å². The van der Waals surface area contributed by atoms with Gasteiger partial charge in [-0.05, 0) is 6.92 Å². The first-order valence-corrected chi connectivity index (χ1v) is 3.40. The molecule has 0 saturated heterocycles. The Labute approximate surface area is 61.4 Å². The van der Waals surface area contributed by atoms with Crippen molar-refractivity contribution in [3.05, 3.63) is 0 Å². The van der Waals surface area contributed by atoms with Crippen molar-refractivity contribution in [1.82, 2.24) is 0 Å². The minimum Gasteiger partial charge on any atom is -0.385 e. The van der Waals surface area contributed by atoms with Gasteiger partial charge in [-0.3, -0.25) is 0 Å². The van der Waals surface area contributed by atoms with Crippen LogP contribution in [-0.2, 0) is 4.74 Å². The van der Waals surface area contributed by atoms with Gasteiger partial charge in [0.05, 0.1) is 0 Å². The molecule has 0 aromatic rings. The van der Waals surface area contributed by atoms with Gasteiger partial charge in [0.1, 0.15) is 0 Å². The molecule has 0 rings (SSSR count). The molecule has 0 atom stereocenters. The number of rotatable bonds is 1. The SMILES string of the molecule is C.CC.CC.CCOC. The highest BCUT2D eigenvalue weighted by molar-refractivity contribution is 3.94. The van der Waals surface area contributed by atoms with Crippen LogP contribution in [0.2, 0.25) is 0 Å². The summed E-state index contributed by atoms with van der Waals surface area (Å²) < 4.78 is 4.54. The fourth-order valence-electron chi connectivity index (χ4n) is 0. The third-order valence-electron chi connectivity index (χ3n) is 0.289. The molecule has 0 N–H and O–H groups in total. The Hall–Kier alpha value is -0.0400. The van der Waals surface area contributed by atoms with Crippen LogP contribution in [0.3, 0.4) is 0 Å². The van der Waals surface area contributed by atoms with E-state index in [-0.39, 0.29) is 7.43 Å². The Morgan fingerprint density at radius 1 is 1.00 bits per heavy atom. The summed E-state index contributed by atoms with van der Waals surface area (Å²) in [5.41, 5.74) is 0. The molecule has 0 aromatic carbocycles. The van der Waals surface area contributed by atoms with Gasteiger partial charge >= 0.3 is 0 Å². The van der Waals surface area contributed by atoms with E-state index in [1.807, 2.05) is 34.6 Å². The van der Waals surface area contributed by atoms with Gasteiger partial charge in [0.25, 0.3) is 0 Å². The fourth-order valence-corrected chi connectivity index (χ4v) is 0. The second kappa shape index (κ2) is 100. The Morgan fingerprint density at radius 3 is 1.11 bits per heavy atom. The van der Waals surface area contributed by atoms with Crippen LogP contribution < -0.4 is 0 Å².